The van der Waals surface area contributed by atoms with E-state index in [1.165, 1.54) is 7.11 Å². The minimum absolute atomic E-state index is 0.235. The molecule has 0 saturated heterocycles. The summed E-state index contributed by atoms with van der Waals surface area (Å²) in [5.74, 6) is -0.682. The number of carbonyl (C=O) groups excluding carboxylic acids is 2. The van der Waals surface area contributed by atoms with Gasteiger partial charge in [0.05, 0.1) is 12.8 Å². The second-order valence-corrected chi connectivity index (χ2v) is 5.70. The summed E-state index contributed by atoms with van der Waals surface area (Å²) in [6.07, 6.45) is 0. The number of amides is 1. The van der Waals surface area contributed by atoms with Crippen LogP contribution in [0, 0.1) is 20.8 Å². The van der Waals surface area contributed by atoms with Gasteiger partial charge in [-0.1, -0.05) is 29.0 Å². The Morgan fingerprint density at radius 3 is 2.62 bits per heavy atom. The number of benzene rings is 1. The molecule has 0 atom stereocenters. The number of thiazole rings is 1. The van der Waals surface area contributed by atoms with Crippen molar-refractivity contribution in [3.8, 4) is 0 Å². The van der Waals surface area contributed by atoms with Crippen molar-refractivity contribution in [3.05, 3.63) is 45.5 Å². The summed E-state index contributed by atoms with van der Waals surface area (Å²) in [7, 11) is 1.32. The van der Waals surface area contributed by atoms with Crippen molar-refractivity contribution in [1.82, 2.24) is 4.98 Å². The number of methoxy groups -OCH3 is 1. The van der Waals surface area contributed by atoms with Crippen molar-refractivity contribution in [1.29, 1.82) is 0 Å². The van der Waals surface area contributed by atoms with E-state index in [-0.39, 0.29) is 5.91 Å². The number of esters is 1. The molecular weight excluding hydrogens is 288 g/mol. The van der Waals surface area contributed by atoms with Gasteiger partial charge in [0.25, 0.3) is 5.91 Å². The van der Waals surface area contributed by atoms with Gasteiger partial charge in [-0.3, -0.25) is 10.1 Å². The van der Waals surface area contributed by atoms with Crippen molar-refractivity contribution >= 4 is 28.3 Å². The van der Waals surface area contributed by atoms with Gasteiger partial charge in [0.1, 0.15) is 4.88 Å². The maximum absolute atomic E-state index is 12.3. The molecule has 0 fully saturated rings. The zero-order valence-electron chi connectivity index (χ0n) is 12.3. The number of hydrogen-bond donors (Lipinski definition) is 1. The molecule has 21 heavy (non-hydrogen) atoms. The fourth-order valence-corrected chi connectivity index (χ4v) is 2.76. The second-order valence-electron chi connectivity index (χ2n) is 4.70. The zero-order valence-corrected chi connectivity index (χ0v) is 13.1. The standard InChI is InChI=1S/C15H16N2O3S/c1-8-5-6-9(2)11(7-8)13(18)17-15-16-10(3)12(21-15)14(19)20-4/h5-7H,1-4H3,(H,16,17,18). The van der Waals surface area contributed by atoms with E-state index in [2.05, 4.69) is 15.0 Å². The van der Waals surface area contributed by atoms with Crippen LogP contribution < -0.4 is 5.32 Å². The highest BCUT2D eigenvalue weighted by Crippen LogP contribution is 2.24. The Kier molecular flexibility index (Phi) is 4.37. The smallest absolute Gasteiger partial charge is 0.350 e. The molecule has 1 heterocycles. The largest absolute Gasteiger partial charge is 0.465 e. The topological polar surface area (TPSA) is 68.3 Å². The van der Waals surface area contributed by atoms with Crippen LogP contribution in [0.4, 0.5) is 5.13 Å². The van der Waals surface area contributed by atoms with Gasteiger partial charge in [-0.15, -0.1) is 0 Å². The lowest BCUT2D eigenvalue weighted by Gasteiger charge is -2.06. The number of rotatable bonds is 3. The van der Waals surface area contributed by atoms with Crippen molar-refractivity contribution in [3.63, 3.8) is 0 Å². The summed E-state index contributed by atoms with van der Waals surface area (Å²) in [6, 6.07) is 5.68. The van der Waals surface area contributed by atoms with Gasteiger partial charge >= 0.3 is 5.97 Å². The molecule has 0 aliphatic heterocycles. The van der Waals surface area contributed by atoms with E-state index in [9.17, 15) is 9.59 Å². The molecule has 0 radical (unpaired) electrons. The fraction of sp³-hybridized carbons (Fsp3) is 0.267. The lowest BCUT2D eigenvalue weighted by atomic mass is 10.1. The number of aromatic nitrogens is 1. The Hall–Kier alpha value is -2.21. The van der Waals surface area contributed by atoms with Gasteiger partial charge in [0.2, 0.25) is 0 Å². The molecule has 0 spiro atoms. The number of ether oxygens (including phenoxy) is 1. The molecule has 0 unspecified atom stereocenters. The normalized spacial score (nSPS) is 10.3. The van der Waals surface area contributed by atoms with E-state index in [0.717, 1.165) is 22.5 Å². The molecule has 0 saturated carbocycles. The molecule has 0 aliphatic carbocycles. The van der Waals surface area contributed by atoms with E-state index >= 15 is 0 Å². The number of hydrogen-bond acceptors (Lipinski definition) is 5. The predicted octanol–water partition coefficient (Wildman–Crippen LogP) is 3.11. The first kappa shape index (κ1) is 15.2. The van der Waals surface area contributed by atoms with Crippen LogP contribution in [-0.4, -0.2) is 24.0 Å². The van der Waals surface area contributed by atoms with E-state index in [0.29, 0.717) is 21.3 Å². The Morgan fingerprint density at radius 2 is 1.95 bits per heavy atom. The second kappa shape index (κ2) is 6.05. The van der Waals surface area contributed by atoms with Crippen LogP contribution in [-0.2, 0) is 4.74 Å². The lowest BCUT2D eigenvalue weighted by Crippen LogP contribution is -2.13. The van der Waals surface area contributed by atoms with Gasteiger partial charge in [-0.2, -0.15) is 0 Å². The SMILES string of the molecule is COC(=O)c1sc(NC(=O)c2cc(C)ccc2C)nc1C. The van der Waals surface area contributed by atoms with Crippen LogP contribution in [0.15, 0.2) is 18.2 Å². The highest BCUT2D eigenvalue weighted by atomic mass is 32.1. The predicted molar refractivity (Wildman–Crippen MR) is 82.1 cm³/mol. The van der Waals surface area contributed by atoms with E-state index < -0.39 is 5.97 Å². The van der Waals surface area contributed by atoms with Crippen LogP contribution in [0.25, 0.3) is 0 Å². The highest BCUT2D eigenvalue weighted by molar-refractivity contribution is 7.17. The molecule has 1 amide bonds. The van der Waals surface area contributed by atoms with Crippen LogP contribution >= 0.6 is 11.3 Å². The minimum Gasteiger partial charge on any atom is -0.465 e. The van der Waals surface area contributed by atoms with Crippen LogP contribution in [0.3, 0.4) is 0 Å². The molecule has 2 rings (SSSR count). The first-order valence-corrected chi connectivity index (χ1v) is 7.18. The third-order valence-electron chi connectivity index (χ3n) is 3.03. The molecule has 110 valence electrons. The van der Waals surface area contributed by atoms with Crippen molar-refractivity contribution in [2.24, 2.45) is 0 Å². The molecule has 0 bridgehead atoms. The fourth-order valence-electron chi connectivity index (χ4n) is 1.88. The monoisotopic (exact) mass is 304 g/mol. The molecule has 6 heteroatoms. The van der Waals surface area contributed by atoms with Gasteiger partial charge in [0, 0.05) is 5.56 Å². The molecule has 1 aromatic heterocycles. The van der Waals surface area contributed by atoms with Gasteiger partial charge in [-0.05, 0) is 32.4 Å². The third-order valence-corrected chi connectivity index (χ3v) is 4.08. The van der Waals surface area contributed by atoms with Crippen molar-refractivity contribution < 1.29 is 14.3 Å². The van der Waals surface area contributed by atoms with Crippen LogP contribution in [0.1, 0.15) is 36.9 Å². The number of nitrogens with zero attached hydrogens (tertiary/aromatic N) is 1. The average Bonchev–Trinajstić information content (AvgIpc) is 2.81. The quantitative estimate of drug-likeness (QED) is 0.885. The summed E-state index contributed by atoms with van der Waals surface area (Å²) in [5.41, 5.74) is 3.04. The maximum Gasteiger partial charge on any atom is 0.350 e. The Bertz CT molecular complexity index is 707. The number of nitrogens with one attached hydrogen (secondary N) is 1. The maximum atomic E-state index is 12.3. The molecule has 1 aromatic carbocycles. The minimum atomic E-state index is -0.447. The van der Waals surface area contributed by atoms with Crippen molar-refractivity contribution in [2.45, 2.75) is 20.8 Å². The number of carbonyl (C=O) groups is 2. The van der Waals surface area contributed by atoms with Gasteiger partial charge in [-0.25, -0.2) is 9.78 Å². The van der Waals surface area contributed by atoms with Gasteiger partial charge in [0.15, 0.2) is 5.13 Å². The van der Waals surface area contributed by atoms with E-state index in [1.807, 2.05) is 32.0 Å². The van der Waals surface area contributed by atoms with E-state index in [4.69, 9.17) is 0 Å². The third kappa shape index (κ3) is 3.28. The van der Waals surface area contributed by atoms with Crippen molar-refractivity contribution in [2.75, 3.05) is 12.4 Å². The Morgan fingerprint density at radius 1 is 1.24 bits per heavy atom. The highest BCUT2D eigenvalue weighted by Gasteiger charge is 2.18. The Balaban J connectivity index is 2.24. The molecule has 0 aliphatic rings. The Labute approximate surface area is 127 Å². The zero-order chi connectivity index (χ0) is 15.6. The molecule has 5 nitrogen and oxygen atoms in total. The van der Waals surface area contributed by atoms with Gasteiger partial charge < -0.3 is 4.74 Å². The summed E-state index contributed by atoms with van der Waals surface area (Å²) < 4.78 is 4.67. The summed E-state index contributed by atoms with van der Waals surface area (Å²) in [5, 5.41) is 3.11. The first-order chi connectivity index (χ1) is 9.92. The summed E-state index contributed by atoms with van der Waals surface area (Å²) in [4.78, 5) is 28.4. The average molecular weight is 304 g/mol. The molecule has 2 aromatic rings. The number of anilines is 1. The molecular formula is C15H16N2O3S. The van der Waals surface area contributed by atoms with E-state index in [1.54, 1.807) is 6.92 Å². The summed E-state index contributed by atoms with van der Waals surface area (Å²) >= 11 is 1.11. The van der Waals surface area contributed by atoms with Crippen LogP contribution in [0.5, 0.6) is 0 Å². The lowest BCUT2D eigenvalue weighted by molar-refractivity contribution is 0.0605. The summed E-state index contributed by atoms with van der Waals surface area (Å²) in [6.45, 7) is 5.51. The number of aryl methyl sites for hydroxylation is 3. The first-order valence-electron chi connectivity index (χ1n) is 6.36. The van der Waals surface area contributed by atoms with Crippen LogP contribution in [0.2, 0.25) is 0 Å². The molecule has 1 N–H and O–H groups in total.